The summed E-state index contributed by atoms with van der Waals surface area (Å²) in [6.45, 7) is 0.151. The van der Waals surface area contributed by atoms with Gasteiger partial charge in [0.05, 0.1) is 5.69 Å². The SMILES string of the molecule is Cn1nnc(NC(=O)C(N)=O)c1CN. The minimum atomic E-state index is -1.08. The summed E-state index contributed by atoms with van der Waals surface area (Å²) in [5, 5.41) is 9.42. The van der Waals surface area contributed by atoms with E-state index in [2.05, 4.69) is 15.6 Å². The van der Waals surface area contributed by atoms with E-state index in [-0.39, 0.29) is 12.4 Å². The summed E-state index contributed by atoms with van der Waals surface area (Å²) in [5.41, 5.74) is 10.6. The van der Waals surface area contributed by atoms with Crippen molar-refractivity contribution in [1.82, 2.24) is 15.0 Å². The molecule has 14 heavy (non-hydrogen) atoms. The van der Waals surface area contributed by atoms with E-state index < -0.39 is 11.8 Å². The summed E-state index contributed by atoms with van der Waals surface area (Å²) >= 11 is 0. The molecule has 0 atom stereocenters. The first-order valence-electron chi connectivity index (χ1n) is 3.75. The third kappa shape index (κ3) is 1.85. The fraction of sp³-hybridized carbons (Fsp3) is 0.333. The molecule has 0 spiro atoms. The van der Waals surface area contributed by atoms with Crippen LogP contribution in [0, 0.1) is 0 Å². The molecule has 1 aromatic heterocycles. The van der Waals surface area contributed by atoms with Gasteiger partial charge in [-0.05, 0) is 0 Å². The van der Waals surface area contributed by atoms with Crippen molar-refractivity contribution in [2.75, 3.05) is 5.32 Å². The number of nitrogens with two attached hydrogens (primary N) is 2. The number of amides is 2. The van der Waals surface area contributed by atoms with Crippen LogP contribution in [0.3, 0.4) is 0 Å². The quantitative estimate of drug-likeness (QED) is 0.460. The van der Waals surface area contributed by atoms with Gasteiger partial charge in [0.2, 0.25) is 0 Å². The van der Waals surface area contributed by atoms with Crippen molar-refractivity contribution >= 4 is 17.6 Å². The topological polar surface area (TPSA) is 129 Å². The first kappa shape index (κ1) is 10.1. The van der Waals surface area contributed by atoms with Crippen LogP contribution in [0.1, 0.15) is 5.69 Å². The molecule has 0 aliphatic rings. The van der Waals surface area contributed by atoms with Gasteiger partial charge in [0.15, 0.2) is 5.82 Å². The maximum atomic E-state index is 10.9. The number of hydrogen-bond donors (Lipinski definition) is 3. The second-order valence-corrected chi connectivity index (χ2v) is 2.53. The Kier molecular flexibility index (Phi) is 2.77. The summed E-state index contributed by atoms with van der Waals surface area (Å²) in [5.74, 6) is -1.88. The van der Waals surface area contributed by atoms with Gasteiger partial charge >= 0.3 is 11.8 Å². The van der Waals surface area contributed by atoms with Crippen LogP contribution >= 0.6 is 0 Å². The van der Waals surface area contributed by atoms with Gasteiger partial charge in [0.25, 0.3) is 0 Å². The minimum absolute atomic E-state index is 0.151. The fourth-order valence-corrected chi connectivity index (χ4v) is 0.872. The molecule has 0 aliphatic carbocycles. The van der Waals surface area contributed by atoms with E-state index in [4.69, 9.17) is 11.5 Å². The predicted molar refractivity (Wildman–Crippen MR) is 46.7 cm³/mol. The number of carbonyl (C=O) groups excluding carboxylic acids is 2. The molecule has 76 valence electrons. The molecule has 0 fully saturated rings. The highest BCUT2D eigenvalue weighted by molar-refractivity contribution is 6.39. The molecule has 0 saturated carbocycles. The zero-order valence-electron chi connectivity index (χ0n) is 7.52. The molecule has 0 aromatic carbocycles. The fourth-order valence-electron chi connectivity index (χ4n) is 0.872. The molecule has 0 bridgehead atoms. The van der Waals surface area contributed by atoms with Crippen molar-refractivity contribution in [3.8, 4) is 0 Å². The van der Waals surface area contributed by atoms with Crippen LogP contribution in [0.4, 0.5) is 5.82 Å². The lowest BCUT2D eigenvalue weighted by atomic mass is 10.4. The maximum absolute atomic E-state index is 10.9. The zero-order valence-corrected chi connectivity index (χ0v) is 7.52. The van der Waals surface area contributed by atoms with Gasteiger partial charge in [-0.2, -0.15) is 0 Å². The highest BCUT2D eigenvalue weighted by Gasteiger charge is 2.15. The highest BCUT2D eigenvalue weighted by Crippen LogP contribution is 2.08. The van der Waals surface area contributed by atoms with Crippen molar-refractivity contribution < 1.29 is 9.59 Å². The van der Waals surface area contributed by atoms with Crippen molar-refractivity contribution in [3.63, 3.8) is 0 Å². The number of nitrogens with zero attached hydrogens (tertiary/aromatic N) is 3. The van der Waals surface area contributed by atoms with Crippen LogP contribution in [0.2, 0.25) is 0 Å². The van der Waals surface area contributed by atoms with Crippen LogP contribution < -0.4 is 16.8 Å². The molecule has 0 saturated heterocycles. The van der Waals surface area contributed by atoms with Crippen molar-refractivity contribution in [2.45, 2.75) is 6.54 Å². The molecule has 1 heterocycles. The van der Waals surface area contributed by atoms with Gasteiger partial charge in [-0.3, -0.25) is 14.9 Å². The van der Waals surface area contributed by atoms with E-state index >= 15 is 0 Å². The monoisotopic (exact) mass is 198 g/mol. The number of primary amides is 1. The average molecular weight is 198 g/mol. The van der Waals surface area contributed by atoms with Gasteiger partial charge in [0, 0.05) is 13.6 Å². The zero-order chi connectivity index (χ0) is 10.7. The third-order valence-electron chi connectivity index (χ3n) is 1.59. The number of aryl methyl sites for hydroxylation is 1. The molecule has 2 amide bonds. The molecule has 8 nitrogen and oxygen atoms in total. The molecular weight excluding hydrogens is 188 g/mol. The number of nitrogens with one attached hydrogen (secondary N) is 1. The second-order valence-electron chi connectivity index (χ2n) is 2.53. The van der Waals surface area contributed by atoms with Crippen LogP contribution in [0.15, 0.2) is 0 Å². The van der Waals surface area contributed by atoms with Gasteiger partial charge in [0.1, 0.15) is 0 Å². The molecule has 5 N–H and O–H groups in total. The maximum Gasteiger partial charge on any atom is 0.314 e. The van der Waals surface area contributed by atoms with Gasteiger partial charge in [-0.1, -0.05) is 5.21 Å². The number of rotatable bonds is 2. The standard InChI is InChI=1S/C6H10N6O2/c1-12-3(2-7)5(10-11-12)9-6(14)4(8)13/h2,7H2,1H3,(H2,8,13)(H,9,14). The van der Waals surface area contributed by atoms with Crippen molar-refractivity contribution in [1.29, 1.82) is 0 Å². The summed E-state index contributed by atoms with van der Waals surface area (Å²) < 4.78 is 1.40. The Bertz CT molecular complexity index is 370. The first-order valence-corrected chi connectivity index (χ1v) is 3.75. The molecular formula is C6H10N6O2. The molecule has 1 aromatic rings. The van der Waals surface area contributed by atoms with Crippen LogP contribution in [-0.2, 0) is 23.2 Å². The number of aromatic nitrogens is 3. The van der Waals surface area contributed by atoms with E-state index in [1.165, 1.54) is 4.68 Å². The van der Waals surface area contributed by atoms with E-state index in [0.717, 1.165) is 0 Å². The van der Waals surface area contributed by atoms with Crippen LogP contribution in [-0.4, -0.2) is 26.8 Å². The summed E-state index contributed by atoms with van der Waals surface area (Å²) in [4.78, 5) is 21.3. The largest absolute Gasteiger partial charge is 0.361 e. The van der Waals surface area contributed by atoms with Gasteiger partial charge < -0.3 is 11.5 Å². The summed E-state index contributed by atoms with van der Waals surface area (Å²) in [7, 11) is 1.62. The molecule has 0 radical (unpaired) electrons. The predicted octanol–water partition coefficient (Wildman–Crippen LogP) is -2.30. The summed E-state index contributed by atoms with van der Waals surface area (Å²) in [6, 6.07) is 0. The van der Waals surface area contributed by atoms with Crippen molar-refractivity contribution in [2.24, 2.45) is 18.5 Å². The van der Waals surface area contributed by atoms with Gasteiger partial charge in [-0.25, -0.2) is 4.68 Å². The minimum Gasteiger partial charge on any atom is -0.361 e. The van der Waals surface area contributed by atoms with E-state index in [1.807, 2.05) is 0 Å². The smallest absolute Gasteiger partial charge is 0.314 e. The Hall–Kier alpha value is -1.96. The third-order valence-corrected chi connectivity index (χ3v) is 1.59. The normalized spacial score (nSPS) is 9.86. The number of hydrogen-bond acceptors (Lipinski definition) is 5. The Morgan fingerprint density at radius 2 is 2.21 bits per heavy atom. The summed E-state index contributed by atoms with van der Waals surface area (Å²) in [6.07, 6.45) is 0. The van der Waals surface area contributed by atoms with E-state index in [9.17, 15) is 9.59 Å². The average Bonchev–Trinajstić information content (AvgIpc) is 2.46. The molecule has 0 unspecified atom stereocenters. The molecule has 0 aliphatic heterocycles. The number of anilines is 1. The van der Waals surface area contributed by atoms with Gasteiger partial charge in [-0.15, -0.1) is 5.10 Å². The van der Waals surface area contributed by atoms with Crippen LogP contribution in [0.25, 0.3) is 0 Å². The number of carbonyl (C=O) groups is 2. The highest BCUT2D eigenvalue weighted by atomic mass is 16.2. The van der Waals surface area contributed by atoms with Crippen LogP contribution in [0.5, 0.6) is 0 Å². The molecule has 8 heteroatoms. The Morgan fingerprint density at radius 1 is 1.57 bits per heavy atom. The Morgan fingerprint density at radius 3 is 2.71 bits per heavy atom. The van der Waals surface area contributed by atoms with E-state index in [1.54, 1.807) is 7.05 Å². The lowest BCUT2D eigenvalue weighted by molar-refractivity contribution is -0.134. The lowest BCUT2D eigenvalue weighted by Gasteiger charge is -2.00. The Labute approximate surface area is 79.2 Å². The van der Waals surface area contributed by atoms with E-state index in [0.29, 0.717) is 5.69 Å². The molecule has 1 rings (SSSR count). The lowest BCUT2D eigenvalue weighted by Crippen LogP contribution is -2.30. The second kappa shape index (κ2) is 3.83. The van der Waals surface area contributed by atoms with Crippen molar-refractivity contribution in [3.05, 3.63) is 5.69 Å². The Balaban J connectivity index is 2.86. The first-order chi connectivity index (χ1) is 6.56.